The number of benzene rings is 3. The van der Waals surface area contributed by atoms with Crippen LogP contribution >= 0.6 is 23.4 Å². The Balaban J connectivity index is 1.68. The number of imidazole rings is 1. The lowest BCUT2D eigenvalue weighted by Gasteiger charge is -2.28. The number of hydrogen-bond donors (Lipinski definition) is 1. The number of nitrogens with one attached hydrogen (secondary N) is 1. The monoisotopic (exact) mass is 737 g/mol. The summed E-state index contributed by atoms with van der Waals surface area (Å²) in [4.78, 5) is 3.92. The van der Waals surface area contributed by atoms with Crippen molar-refractivity contribution in [1.29, 1.82) is 5.41 Å². The number of aromatic nitrogens is 2. The van der Waals surface area contributed by atoms with Crippen molar-refractivity contribution >= 4 is 39.3 Å². The van der Waals surface area contributed by atoms with E-state index in [1.807, 2.05) is 47.1 Å². The molecule has 0 saturated carbocycles. The van der Waals surface area contributed by atoms with E-state index in [9.17, 15) is 17.9 Å². The van der Waals surface area contributed by atoms with Crippen LogP contribution in [-0.4, -0.2) is 80.5 Å². The molecule has 4 aromatic rings. The maximum atomic E-state index is 15.5. The summed E-state index contributed by atoms with van der Waals surface area (Å²) in [5, 5.41) is 19.7. The summed E-state index contributed by atoms with van der Waals surface area (Å²) < 4.78 is 80.3. The molecule has 9 nitrogen and oxygen atoms in total. The van der Waals surface area contributed by atoms with Crippen molar-refractivity contribution in [3.05, 3.63) is 100 Å². The zero-order valence-corrected chi connectivity index (χ0v) is 30.4. The largest absolute Gasteiger partial charge is 0.861 e. The molecule has 0 fully saturated rings. The van der Waals surface area contributed by atoms with Crippen LogP contribution < -0.4 is 9.84 Å². The minimum absolute atomic E-state index is 0.100. The van der Waals surface area contributed by atoms with Gasteiger partial charge in [-0.05, 0) is 60.0 Å². The Morgan fingerprint density at radius 2 is 1.71 bits per heavy atom. The van der Waals surface area contributed by atoms with Gasteiger partial charge in [-0.15, -0.1) is 0 Å². The molecule has 49 heavy (non-hydrogen) atoms. The molecule has 0 saturated heterocycles. The van der Waals surface area contributed by atoms with Crippen LogP contribution in [0.4, 0.5) is 13.2 Å². The number of nitrogens with zero attached hydrogens (tertiary/aromatic N) is 4. The lowest BCUT2D eigenvalue weighted by atomic mass is 9.81. The van der Waals surface area contributed by atoms with Gasteiger partial charge in [0.05, 0.1) is 56.6 Å². The Labute approximate surface area is 294 Å². The van der Waals surface area contributed by atoms with Gasteiger partial charge in [0.15, 0.2) is 5.16 Å². The highest BCUT2D eigenvalue weighted by molar-refractivity contribution is 7.98. The molecule has 0 aliphatic rings. The van der Waals surface area contributed by atoms with E-state index >= 15 is 8.78 Å². The highest BCUT2D eigenvalue weighted by atomic mass is 35.5. The van der Waals surface area contributed by atoms with E-state index < -0.39 is 50.2 Å². The van der Waals surface area contributed by atoms with Gasteiger partial charge in [-0.2, -0.15) is 4.31 Å². The van der Waals surface area contributed by atoms with Crippen molar-refractivity contribution in [3.8, 4) is 11.4 Å². The summed E-state index contributed by atoms with van der Waals surface area (Å²) in [5.74, 6) is -3.56. The average molecular weight is 738 g/mol. The smallest absolute Gasteiger partial charge is 0.243 e. The van der Waals surface area contributed by atoms with Gasteiger partial charge in [0.2, 0.25) is 10.0 Å². The molecule has 1 heterocycles. The number of quaternary nitrogens is 1. The van der Waals surface area contributed by atoms with Crippen molar-refractivity contribution in [3.63, 3.8) is 0 Å². The van der Waals surface area contributed by atoms with Crippen LogP contribution in [0.5, 0.6) is 5.75 Å². The van der Waals surface area contributed by atoms with Gasteiger partial charge < -0.3 is 19.7 Å². The van der Waals surface area contributed by atoms with E-state index in [0.717, 1.165) is 33.8 Å². The minimum atomic E-state index is -4.50. The van der Waals surface area contributed by atoms with Crippen LogP contribution in [0.2, 0.25) is 5.02 Å². The second kappa shape index (κ2) is 15.1. The predicted molar refractivity (Wildman–Crippen MR) is 184 cm³/mol. The van der Waals surface area contributed by atoms with Gasteiger partial charge in [-0.25, -0.2) is 26.6 Å². The van der Waals surface area contributed by atoms with E-state index in [0.29, 0.717) is 44.8 Å². The number of sulfonamides is 1. The molecule has 1 N–H and O–H groups in total. The fraction of sp³-hybridized carbons (Fsp3) is 0.353. The highest BCUT2D eigenvalue weighted by Crippen LogP contribution is 2.39. The number of rotatable bonds is 15. The average Bonchev–Trinajstić information content (AvgIpc) is 3.44. The first-order valence-corrected chi connectivity index (χ1v) is 18.0. The van der Waals surface area contributed by atoms with Crippen molar-refractivity contribution < 1.29 is 35.9 Å². The summed E-state index contributed by atoms with van der Waals surface area (Å²) in [5.41, 5.74) is 0.989. The topological polar surface area (TPSA) is 111 Å². The predicted octanol–water partition coefficient (Wildman–Crippen LogP) is 5.99. The van der Waals surface area contributed by atoms with Crippen molar-refractivity contribution in [1.82, 2.24) is 13.9 Å². The van der Waals surface area contributed by atoms with E-state index in [1.54, 1.807) is 29.0 Å². The lowest BCUT2D eigenvalue weighted by Crippen LogP contribution is -2.42. The molecule has 0 unspecified atom stereocenters. The highest BCUT2D eigenvalue weighted by Gasteiger charge is 2.31. The zero-order chi connectivity index (χ0) is 36.3. The van der Waals surface area contributed by atoms with Crippen LogP contribution in [0.1, 0.15) is 37.1 Å². The quantitative estimate of drug-likeness (QED) is 0.0695. The SMILES string of the molecule is COc1cc(C(C)(C)c2cnc(SCc3c(F)cc(S(=O)(=O)N(CCC[N+](C)(C)C)CC(=N)[O-])cc3F)n2-c2ccc(F)cc2)ccc1Cl. The standard InChI is InChI=1S/C34H39ClF3N5O4S2/c1-34(2,22-8-13-27(35)30(16-22)47-6)31-19-40-33(42(31)24-11-9-23(36)10-12-24)48-21-26-28(37)17-25(18-29(26)38)49(45,46)41(20-32(39)44)14-7-15-43(3,4)5/h8-13,16-19H,7,14-15,20-21H2,1-6H3,(H-,39,44). The van der Waals surface area contributed by atoms with Gasteiger partial charge in [-0.1, -0.05) is 43.3 Å². The van der Waals surface area contributed by atoms with E-state index in [-0.39, 0.29) is 17.9 Å². The summed E-state index contributed by atoms with van der Waals surface area (Å²) in [7, 11) is 2.76. The third-order valence-electron chi connectivity index (χ3n) is 7.98. The summed E-state index contributed by atoms with van der Waals surface area (Å²) >= 11 is 7.28. The van der Waals surface area contributed by atoms with Crippen molar-refractivity contribution in [2.45, 2.75) is 41.5 Å². The van der Waals surface area contributed by atoms with Gasteiger partial charge in [0.1, 0.15) is 23.2 Å². The normalized spacial score (nSPS) is 12.5. The Kier molecular flexibility index (Phi) is 11.8. The molecule has 264 valence electrons. The van der Waals surface area contributed by atoms with Gasteiger partial charge >= 0.3 is 0 Å². The fourth-order valence-corrected chi connectivity index (χ4v) is 7.90. The molecule has 1 aromatic heterocycles. The summed E-state index contributed by atoms with van der Waals surface area (Å²) in [6, 6.07) is 12.6. The van der Waals surface area contributed by atoms with E-state index in [2.05, 4.69) is 4.98 Å². The number of halogens is 4. The molecule has 0 bridgehead atoms. The molecule has 4 rings (SSSR count). The van der Waals surface area contributed by atoms with Crippen molar-refractivity contribution in [2.24, 2.45) is 0 Å². The summed E-state index contributed by atoms with van der Waals surface area (Å²) in [6.07, 6.45) is 2.00. The van der Waals surface area contributed by atoms with Gasteiger partial charge in [-0.3, -0.25) is 4.57 Å². The van der Waals surface area contributed by atoms with Gasteiger partial charge in [0, 0.05) is 41.9 Å². The second-order valence-electron chi connectivity index (χ2n) is 13.0. The maximum Gasteiger partial charge on any atom is 0.243 e. The number of thioether (sulfide) groups is 1. The molecule has 0 atom stereocenters. The minimum Gasteiger partial charge on any atom is -0.861 e. The molecule has 15 heteroatoms. The molecular formula is C34H39ClF3N5O4S2. The van der Waals surface area contributed by atoms with Crippen LogP contribution in [0.15, 0.2) is 70.8 Å². The fourth-order valence-electron chi connectivity index (χ4n) is 5.23. The lowest BCUT2D eigenvalue weighted by molar-refractivity contribution is -0.870. The Morgan fingerprint density at radius 3 is 2.29 bits per heavy atom. The second-order valence-corrected chi connectivity index (χ2v) is 16.3. The molecular weight excluding hydrogens is 699 g/mol. The van der Waals surface area contributed by atoms with E-state index in [4.69, 9.17) is 21.7 Å². The first-order valence-electron chi connectivity index (χ1n) is 15.2. The number of ether oxygens (including phenoxy) is 1. The van der Waals surface area contributed by atoms with E-state index in [1.165, 1.54) is 19.2 Å². The first-order chi connectivity index (χ1) is 22.8. The van der Waals surface area contributed by atoms with Crippen molar-refractivity contribution in [2.75, 3.05) is 47.9 Å². The Hall–Kier alpha value is -3.56. The molecule has 0 spiro atoms. The number of methoxy groups -OCH3 is 1. The Bertz CT molecular complexity index is 1910. The molecule has 0 aliphatic heterocycles. The van der Waals surface area contributed by atoms with Crippen LogP contribution in [-0.2, 0) is 21.2 Å². The molecule has 0 aliphatic carbocycles. The van der Waals surface area contributed by atoms with Crippen LogP contribution in [0, 0.1) is 22.9 Å². The molecule has 0 amide bonds. The molecule has 3 aromatic carbocycles. The summed E-state index contributed by atoms with van der Waals surface area (Å²) in [6.45, 7) is 3.64. The van der Waals surface area contributed by atoms with Crippen LogP contribution in [0.3, 0.4) is 0 Å². The molecule has 0 radical (unpaired) electrons. The maximum absolute atomic E-state index is 15.5. The third-order valence-corrected chi connectivity index (χ3v) is 11.1. The first kappa shape index (κ1) is 38.2. The zero-order valence-electron chi connectivity index (χ0n) is 28.1. The Morgan fingerprint density at radius 1 is 1.08 bits per heavy atom. The van der Waals surface area contributed by atoms with Crippen LogP contribution in [0.25, 0.3) is 5.69 Å². The van der Waals surface area contributed by atoms with Gasteiger partial charge in [0.25, 0.3) is 0 Å². The third kappa shape index (κ3) is 8.97. The number of hydrogen-bond acceptors (Lipinski definition) is 7.